The molecule has 0 unspecified atom stereocenters. The number of hydrogen-bond acceptors (Lipinski definition) is 6. The number of nitrogens with one attached hydrogen (secondary N) is 1. The summed E-state index contributed by atoms with van der Waals surface area (Å²) in [5, 5.41) is 11.6. The van der Waals surface area contributed by atoms with Crippen molar-refractivity contribution >= 4 is 11.5 Å². The van der Waals surface area contributed by atoms with Crippen LogP contribution in [-0.4, -0.2) is 45.8 Å². The van der Waals surface area contributed by atoms with Crippen LogP contribution in [0, 0.1) is 0 Å². The molecule has 1 aliphatic heterocycles. The first-order valence-electron chi connectivity index (χ1n) is 6.60. The molecule has 0 aliphatic carbocycles. The topological polar surface area (TPSA) is 71.5 Å². The molecule has 0 saturated carbocycles. The number of fused-ring (bicyclic) bond motifs is 1. The molecule has 7 nitrogen and oxygen atoms in total. The van der Waals surface area contributed by atoms with Crippen molar-refractivity contribution in [3.63, 3.8) is 0 Å². The first-order chi connectivity index (χ1) is 9.93. The van der Waals surface area contributed by atoms with Gasteiger partial charge in [0.05, 0.1) is 24.4 Å². The van der Waals surface area contributed by atoms with Crippen molar-refractivity contribution < 1.29 is 4.42 Å². The van der Waals surface area contributed by atoms with E-state index in [1.54, 1.807) is 18.9 Å². The van der Waals surface area contributed by atoms with Gasteiger partial charge < -0.3 is 14.6 Å². The van der Waals surface area contributed by atoms with Gasteiger partial charge in [0.1, 0.15) is 6.33 Å². The summed E-state index contributed by atoms with van der Waals surface area (Å²) in [7, 11) is 0. The summed E-state index contributed by atoms with van der Waals surface area (Å²) in [6.45, 7) is 3.79. The molecule has 0 amide bonds. The fourth-order valence-electron chi connectivity index (χ4n) is 2.53. The minimum absolute atomic E-state index is 0.783. The van der Waals surface area contributed by atoms with E-state index in [1.807, 2.05) is 16.7 Å². The summed E-state index contributed by atoms with van der Waals surface area (Å²) < 4.78 is 7.09. The molecule has 0 bridgehead atoms. The van der Waals surface area contributed by atoms with Crippen molar-refractivity contribution in [3.05, 3.63) is 31.1 Å². The summed E-state index contributed by atoms with van der Waals surface area (Å²) in [5.41, 5.74) is 2.68. The van der Waals surface area contributed by atoms with Gasteiger partial charge in [-0.25, -0.2) is 4.98 Å². The molecule has 4 rings (SSSR count). The summed E-state index contributed by atoms with van der Waals surface area (Å²) in [6.07, 6.45) is 6.90. The van der Waals surface area contributed by atoms with Crippen molar-refractivity contribution in [1.82, 2.24) is 24.9 Å². The zero-order chi connectivity index (χ0) is 13.4. The van der Waals surface area contributed by atoms with E-state index in [1.165, 1.54) is 0 Å². The molecule has 0 spiro atoms. The predicted molar refractivity (Wildman–Crippen MR) is 73.6 cm³/mol. The van der Waals surface area contributed by atoms with E-state index in [9.17, 15) is 0 Å². The quantitative estimate of drug-likeness (QED) is 0.742. The minimum Gasteiger partial charge on any atom is -0.472 e. The average Bonchev–Trinajstić information content (AvgIpc) is 3.18. The molecule has 20 heavy (non-hydrogen) atoms. The molecule has 0 aromatic carbocycles. The van der Waals surface area contributed by atoms with Gasteiger partial charge in [-0.3, -0.25) is 4.40 Å². The van der Waals surface area contributed by atoms with E-state index < -0.39 is 0 Å². The van der Waals surface area contributed by atoms with Gasteiger partial charge >= 0.3 is 0 Å². The SMILES string of the molecule is c1cc(-c2cnc(N3CCNCC3)c3nncn23)co1. The number of piperazine rings is 1. The van der Waals surface area contributed by atoms with Crippen LogP contribution in [0.15, 0.2) is 35.5 Å². The van der Waals surface area contributed by atoms with Crippen LogP contribution in [0.25, 0.3) is 16.9 Å². The summed E-state index contributed by atoms with van der Waals surface area (Å²) >= 11 is 0. The van der Waals surface area contributed by atoms with Crippen LogP contribution in [0.4, 0.5) is 5.82 Å². The second-order valence-corrected chi connectivity index (χ2v) is 4.74. The predicted octanol–water partition coefficient (Wildman–Crippen LogP) is 0.794. The number of aromatic nitrogens is 4. The van der Waals surface area contributed by atoms with E-state index in [-0.39, 0.29) is 0 Å². The normalized spacial score (nSPS) is 15.9. The zero-order valence-electron chi connectivity index (χ0n) is 10.9. The van der Waals surface area contributed by atoms with Crippen LogP contribution in [0.2, 0.25) is 0 Å². The molecular weight excluding hydrogens is 256 g/mol. The maximum absolute atomic E-state index is 5.14. The number of rotatable bonds is 2. The lowest BCUT2D eigenvalue weighted by atomic mass is 10.2. The van der Waals surface area contributed by atoms with Crippen LogP contribution in [0.5, 0.6) is 0 Å². The number of nitrogens with zero attached hydrogens (tertiary/aromatic N) is 5. The molecule has 0 radical (unpaired) electrons. The minimum atomic E-state index is 0.783. The maximum Gasteiger partial charge on any atom is 0.204 e. The Morgan fingerprint density at radius 1 is 1.25 bits per heavy atom. The lowest BCUT2D eigenvalue weighted by Crippen LogP contribution is -2.44. The van der Waals surface area contributed by atoms with E-state index in [4.69, 9.17) is 4.42 Å². The highest BCUT2D eigenvalue weighted by Gasteiger charge is 2.18. The van der Waals surface area contributed by atoms with E-state index >= 15 is 0 Å². The van der Waals surface area contributed by atoms with Crippen molar-refractivity contribution in [1.29, 1.82) is 0 Å². The van der Waals surface area contributed by atoms with Gasteiger partial charge in [0, 0.05) is 31.7 Å². The van der Waals surface area contributed by atoms with Crippen LogP contribution < -0.4 is 10.2 Å². The van der Waals surface area contributed by atoms with Crippen LogP contribution >= 0.6 is 0 Å². The van der Waals surface area contributed by atoms with Gasteiger partial charge in [0.15, 0.2) is 5.82 Å². The van der Waals surface area contributed by atoms with Gasteiger partial charge in [-0.2, -0.15) is 0 Å². The van der Waals surface area contributed by atoms with E-state index in [2.05, 4.69) is 25.4 Å². The number of anilines is 1. The van der Waals surface area contributed by atoms with Crippen molar-refractivity contribution in [3.8, 4) is 11.3 Å². The lowest BCUT2D eigenvalue weighted by molar-refractivity contribution is 0.568. The van der Waals surface area contributed by atoms with Gasteiger partial charge in [-0.05, 0) is 6.07 Å². The Kier molecular flexibility index (Phi) is 2.63. The number of furan rings is 1. The smallest absolute Gasteiger partial charge is 0.204 e. The first-order valence-corrected chi connectivity index (χ1v) is 6.60. The second kappa shape index (κ2) is 4.61. The Hall–Kier alpha value is -2.41. The molecule has 3 aromatic heterocycles. The summed E-state index contributed by atoms with van der Waals surface area (Å²) in [4.78, 5) is 6.83. The van der Waals surface area contributed by atoms with Crippen LogP contribution in [0.1, 0.15) is 0 Å². The van der Waals surface area contributed by atoms with Crippen LogP contribution in [-0.2, 0) is 0 Å². The Morgan fingerprint density at radius 2 is 2.15 bits per heavy atom. The highest BCUT2D eigenvalue weighted by molar-refractivity contribution is 5.70. The molecule has 102 valence electrons. The third-order valence-electron chi connectivity index (χ3n) is 3.55. The van der Waals surface area contributed by atoms with Crippen LogP contribution in [0.3, 0.4) is 0 Å². The Labute approximate surface area is 115 Å². The van der Waals surface area contributed by atoms with E-state index in [0.29, 0.717) is 0 Å². The Morgan fingerprint density at radius 3 is 2.95 bits per heavy atom. The monoisotopic (exact) mass is 270 g/mol. The fraction of sp³-hybridized carbons (Fsp3) is 0.308. The molecule has 7 heteroatoms. The van der Waals surface area contributed by atoms with Gasteiger partial charge in [0.2, 0.25) is 5.65 Å². The molecule has 1 N–H and O–H groups in total. The van der Waals surface area contributed by atoms with Crippen molar-refractivity contribution in [2.75, 3.05) is 31.1 Å². The maximum atomic E-state index is 5.14. The Bertz CT molecular complexity index is 714. The molecule has 1 aliphatic rings. The molecule has 1 fully saturated rings. The summed E-state index contributed by atoms with van der Waals surface area (Å²) in [6, 6.07) is 1.90. The Balaban J connectivity index is 1.85. The number of hydrogen-bond donors (Lipinski definition) is 1. The third kappa shape index (κ3) is 1.75. The third-order valence-corrected chi connectivity index (χ3v) is 3.55. The average molecular weight is 270 g/mol. The standard InChI is InChI=1S/C13H14N6O/c1-6-20-8-10(1)11-7-15-12(13-17-16-9-19(11)13)18-4-2-14-3-5-18/h1,6-9,14H,2-5H2. The molecule has 3 aromatic rings. The molecular formula is C13H14N6O. The van der Waals surface area contributed by atoms with Gasteiger partial charge in [-0.15, -0.1) is 10.2 Å². The largest absolute Gasteiger partial charge is 0.472 e. The highest BCUT2D eigenvalue weighted by atomic mass is 16.3. The van der Waals surface area contributed by atoms with Crippen molar-refractivity contribution in [2.45, 2.75) is 0 Å². The summed E-state index contributed by atoms with van der Waals surface area (Å²) in [5.74, 6) is 0.885. The molecule has 1 saturated heterocycles. The second-order valence-electron chi connectivity index (χ2n) is 4.74. The highest BCUT2D eigenvalue weighted by Crippen LogP contribution is 2.24. The van der Waals surface area contributed by atoms with Gasteiger partial charge in [0.25, 0.3) is 0 Å². The zero-order valence-corrected chi connectivity index (χ0v) is 10.9. The first kappa shape index (κ1) is 11.4. The fourth-order valence-corrected chi connectivity index (χ4v) is 2.53. The molecule has 0 atom stereocenters. The van der Waals surface area contributed by atoms with Crippen molar-refractivity contribution in [2.24, 2.45) is 0 Å². The molecule has 4 heterocycles. The lowest BCUT2D eigenvalue weighted by Gasteiger charge is -2.28. The van der Waals surface area contributed by atoms with E-state index in [0.717, 1.165) is 48.9 Å². The van der Waals surface area contributed by atoms with Gasteiger partial charge in [-0.1, -0.05) is 0 Å².